The Kier molecular flexibility index (Phi) is 3.86. The highest BCUT2D eigenvalue weighted by Gasteiger charge is 2.48. The molecule has 2 rings (SSSR count). The summed E-state index contributed by atoms with van der Waals surface area (Å²) >= 11 is 0. The molecule has 1 aliphatic carbocycles. The molecule has 20 heavy (non-hydrogen) atoms. The summed E-state index contributed by atoms with van der Waals surface area (Å²) in [6.45, 7) is 4.34. The molecule has 0 heterocycles. The fraction of sp³-hybridized carbons (Fsp3) is 0.600. The zero-order valence-electron chi connectivity index (χ0n) is 12.5. The van der Waals surface area contributed by atoms with Crippen molar-refractivity contribution in [3.05, 3.63) is 23.8 Å². The average molecular weight is 297 g/mol. The summed E-state index contributed by atoms with van der Waals surface area (Å²) in [6, 6.07) is 5.59. The lowest BCUT2D eigenvalue weighted by molar-refractivity contribution is 0.0704. The van der Waals surface area contributed by atoms with E-state index in [1.807, 2.05) is 12.1 Å². The fourth-order valence-corrected chi connectivity index (χ4v) is 3.95. The van der Waals surface area contributed by atoms with Crippen LogP contribution in [0.4, 0.5) is 0 Å². The third-order valence-electron chi connectivity index (χ3n) is 4.88. The number of benzene rings is 1. The molecule has 0 bridgehead atoms. The highest BCUT2D eigenvalue weighted by Crippen LogP contribution is 2.54. The molecule has 0 saturated heterocycles. The van der Waals surface area contributed by atoms with Gasteiger partial charge in [-0.15, -0.1) is 0 Å². The van der Waals surface area contributed by atoms with Crippen molar-refractivity contribution in [1.29, 1.82) is 0 Å². The van der Waals surface area contributed by atoms with E-state index in [2.05, 4.69) is 13.8 Å². The maximum atomic E-state index is 11.7. The van der Waals surface area contributed by atoms with Crippen LogP contribution in [-0.2, 0) is 9.84 Å². The molecule has 4 nitrogen and oxygen atoms in total. The van der Waals surface area contributed by atoms with Gasteiger partial charge in [-0.25, -0.2) is 8.42 Å². The van der Waals surface area contributed by atoms with Gasteiger partial charge in [0.05, 0.1) is 7.11 Å². The van der Waals surface area contributed by atoms with Crippen LogP contribution in [-0.4, -0.2) is 27.8 Å². The van der Waals surface area contributed by atoms with Crippen molar-refractivity contribution in [2.75, 3.05) is 13.4 Å². The van der Waals surface area contributed by atoms with Crippen LogP contribution in [0.15, 0.2) is 23.1 Å². The molecule has 3 atom stereocenters. The van der Waals surface area contributed by atoms with E-state index in [0.29, 0.717) is 11.7 Å². The Hall–Kier alpha value is -1.07. The van der Waals surface area contributed by atoms with Crippen LogP contribution in [0.5, 0.6) is 5.75 Å². The summed E-state index contributed by atoms with van der Waals surface area (Å²) < 4.78 is 28.7. The van der Waals surface area contributed by atoms with Gasteiger partial charge in [0.1, 0.15) is 10.6 Å². The second kappa shape index (κ2) is 5.04. The monoisotopic (exact) mass is 297 g/mol. The van der Waals surface area contributed by atoms with Crippen molar-refractivity contribution < 1.29 is 13.2 Å². The molecule has 0 aliphatic heterocycles. The lowest BCUT2D eigenvalue weighted by atomic mass is 9.54. The van der Waals surface area contributed by atoms with Crippen LogP contribution in [0, 0.1) is 5.41 Å². The van der Waals surface area contributed by atoms with Crippen molar-refractivity contribution in [3.63, 3.8) is 0 Å². The molecule has 112 valence electrons. The van der Waals surface area contributed by atoms with E-state index < -0.39 is 9.84 Å². The van der Waals surface area contributed by atoms with Crippen molar-refractivity contribution >= 4 is 9.84 Å². The first-order valence-electron chi connectivity index (χ1n) is 6.87. The minimum absolute atomic E-state index is 0.0810. The quantitative estimate of drug-likeness (QED) is 0.926. The zero-order valence-corrected chi connectivity index (χ0v) is 13.3. The van der Waals surface area contributed by atoms with E-state index in [0.717, 1.165) is 18.4 Å². The summed E-state index contributed by atoms with van der Waals surface area (Å²) in [6.07, 6.45) is 3.14. The Labute approximate surface area is 121 Å². The van der Waals surface area contributed by atoms with Crippen molar-refractivity contribution in [1.82, 2.24) is 0 Å². The maximum absolute atomic E-state index is 11.7. The fourth-order valence-electron chi connectivity index (χ4n) is 3.12. The van der Waals surface area contributed by atoms with Gasteiger partial charge in [0, 0.05) is 12.3 Å². The van der Waals surface area contributed by atoms with E-state index in [1.54, 1.807) is 6.07 Å². The summed E-state index contributed by atoms with van der Waals surface area (Å²) in [5, 5.41) is 0. The van der Waals surface area contributed by atoms with Crippen LogP contribution in [0.3, 0.4) is 0 Å². The molecule has 2 N–H and O–H groups in total. The van der Waals surface area contributed by atoms with Gasteiger partial charge in [0.15, 0.2) is 9.84 Å². The third kappa shape index (κ3) is 2.33. The molecule has 0 radical (unpaired) electrons. The SMILES string of the molecule is CCC1(C)C(N)CC1c1ccc(S(C)(=O)=O)c(OC)c1. The molecule has 3 unspecified atom stereocenters. The van der Waals surface area contributed by atoms with Crippen LogP contribution < -0.4 is 10.5 Å². The predicted octanol–water partition coefficient (Wildman–Crippen LogP) is 2.33. The average Bonchev–Trinajstić information content (AvgIpc) is 2.41. The Balaban J connectivity index is 2.42. The maximum Gasteiger partial charge on any atom is 0.179 e. The van der Waals surface area contributed by atoms with Gasteiger partial charge in [0.25, 0.3) is 0 Å². The number of rotatable bonds is 4. The molecule has 1 aromatic rings. The molecule has 1 saturated carbocycles. The van der Waals surface area contributed by atoms with Gasteiger partial charge >= 0.3 is 0 Å². The molecule has 5 heteroatoms. The van der Waals surface area contributed by atoms with Crippen LogP contribution in [0.25, 0.3) is 0 Å². The largest absolute Gasteiger partial charge is 0.495 e. The summed E-state index contributed by atoms with van der Waals surface area (Å²) in [5.74, 6) is 0.786. The zero-order chi connectivity index (χ0) is 15.1. The van der Waals surface area contributed by atoms with E-state index in [1.165, 1.54) is 13.4 Å². The van der Waals surface area contributed by atoms with E-state index in [4.69, 9.17) is 10.5 Å². The predicted molar refractivity (Wildman–Crippen MR) is 79.8 cm³/mol. The minimum Gasteiger partial charge on any atom is -0.495 e. The number of methoxy groups -OCH3 is 1. The van der Waals surface area contributed by atoms with E-state index in [9.17, 15) is 8.42 Å². The number of hydrogen-bond donors (Lipinski definition) is 1. The van der Waals surface area contributed by atoms with Gasteiger partial charge in [-0.2, -0.15) is 0 Å². The smallest absolute Gasteiger partial charge is 0.179 e. The van der Waals surface area contributed by atoms with Gasteiger partial charge < -0.3 is 10.5 Å². The first kappa shape index (κ1) is 15.3. The Morgan fingerprint density at radius 1 is 1.45 bits per heavy atom. The van der Waals surface area contributed by atoms with Crippen molar-refractivity contribution in [3.8, 4) is 5.75 Å². The molecule has 1 aromatic carbocycles. The van der Waals surface area contributed by atoms with Crippen molar-refractivity contribution in [2.24, 2.45) is 11.1 Å². The van der Waals surface area contributed by atoms with E-state index >= 15 is 0 Å². The molecule has 1 fully saturated rings. The van der Waals surface area contributed by atoms with Crippen molar-refractivity contribution in [2.45, 2.75) is 43.5 Å². The highest BCUT2D eigenvalue weighted by molar-refractivity contribution is 7.90. The third-order valence-corrected chi connectivity index (χ3v) is 6.02. The second-order valence-electron chi connectivity index (χ2n) is 5.94. The molecule has 1 aliphatic rings. The lowest BCUT2D eigenvalue weighted by Crippen LogP contribution is -2.54. The van der Waals surface area contributed by atoms with Crippen LogP contribution in [0.1, 0.15) is 38.2 Å². The number of ether oxygens (including phenoxy) is 1. The Morgan fingerprint density at radius 2 is 2.10 bits per heavy atom. The number of sulfone groups is 1. The standard InChI is InChI=1S/C15H23NO3S/c1-5-15(2)11(9-14(15)16)10-6-7-13(20(4,17)18)12(8-10)19-3/h6-8,11,14H,5,9,16H2,1-4H3. The van der Waals surface area contributed by atoms with Gasteiger partial charge in [-0.3, -0.25) is 0 Å². The summed E-state index contributed by atoms with van der Waals surface area (Å²) in [5.41, 5.74) is 7.33. The molecular formula is C15H23NO3S. The second-order valence-corrected chi connectivity index (χ2v) is 7.92. The lowest BCUT2D eigenvalue weighted by Gasteiger charge is -2.53. The molecule has 0 spiro atoms. The Morgan fingerprint density at radius 3 is 2.55 bits per heavy atom. The normalized spacial score (nSPS) is 29.9. The number of nitrogens with two attached hydrogens (primary N) is 1. The van der Waals surface area contributed by atoms with Gasteiger partial charge in [-0.1, -0.05) is 19.9 Å². The first-order valence-corrected chi connectivity index (χ1v) is 8.76. The van der Waals surface area contributed by atoms with E-state index in [-0.39, 0.29) is 16.4 Å². The molecule has 0 aromatic heterocycles. The minimum atomic E-state index is -3.27. The van der Waals surface area contributed by atoms with Gasteiger partial charge in [-0.05, 0) is 41.9 Å². The van der Waals surface area contributed by atoms with Crippen LogP contribution >= 0.6 is 0 Å². The van der Waals surface area contributed by atoms with Gasteiger partial charge in [0.2, 0.25) is 0 Å². The summed E-state index contributed by atoms with van der Waals surface area (Å²) in [4.78, 5) is 0.241. The highest BCUT2D eigenvalue weighted by atomic mass is 32.2. The topological polar surface area (TPSA) is 69.4 Å². The summed E-state index contributed by atoms with van der Waals surface area (Å²) in [7, 11) is -1.77. The number of hydrogen-bond acceptors (Lipinski definition) is 4. The first-order chi connectivity index (χ1) is 9.24. The molecule has 0 amide bonds. The Bertz CT molecular complexity index is 612. The van der Waals surface area contributed by atoms with Crippen LogP contribution in [0.2, 0.25) is 0 Å². The molecular weight excluding hydrogens is 274 g/mol.